The van der Waals surface area contributed by atoms with Crippen LogP contribution in [0.4, 0.5) is 0 Å². The molecule has 1 N–H and O–H groups in total. The second kappa shape index (κ2) is 6.48. The Morgan fingerprint density at radius 2 is 1.95 bits per heavy atom. The molecule has 0 aliphatic heterocycles. The van der Waals surface area contributed by atoms with Gasteiger partial charge in [0.05, 0.1) is 12.1 Å². The van der Waals surface area contributed by atoms with Gasteiger partial charge in [0.15, 0.2) is 6.29 Å². The first-order chi connectivity index (χ1) is 9.26. The van der Waals surface area contributed by atoms with E-state index in [9.17, 15) is 9.59 Å². The van der Waals surface area contributed by atoms with Crippen molar-refractivity contribution in [3.8, 4) is 0 Å². The molecule has 0 spiro atoms. The molecule has 1 amide bonds. The Kier molecular flexibility index (Phi) is 4.68. The zero-order chi connectivity index (χ0) is 13.7. The van der Waals surface area contributed by atoms with Crippen molar-refractivity contribution in [1.82, 2.24) is 5.32 Å². The van der Waals surface area contributed by atoms with Crippen LogP contribution in [-0.2, 0) is 14.3 Å². The largest absolute Gasteiger partial charge is 0.365 e. The molecule has 3 unspecified atom stereocenters. The lowest BCUT2D eigenvalue weighted by atomic mass is 10.0. The van der Waals surface area contributed by atoms with E-state index in [4.69, 9.17) is 4.74 Å². The fraction of sp³-hybridized carbons (Fsp3) is 0.467. The van der Waals surface area contributed by atoms with Gasteiger partial charge >= 0.3 is 0 Å². The maximum Gasteiger partial charge on any atom is 0.207 e. The van der Waals surface area contributed by atoms with Crippen LogP contribution in [0.3, 0.4) is 0 Å². The Bertz CT molecular complexity index is 417. The number of hydrogen-bond acceptors (Lipinski definition) is 3. The highest BCUT2D eigenvalue weighted by molar-refractivity contribution is 5.60. The monoisotopic (exact) mass is 261 g/mol. The molecule has 0 bridgehead atoms. The maximum atomic E-state index is 11.3. The average Bonchev–Trinajstić information content (AvgIpc) is 3.28. The molecule has 1 fully saturated rings. The minimum atomic E-state index is -0.650. The fourth-order valence-corrected chi connectivity index (χ4v) is 2.23. The van der Waals surface area contributed by atoms with Crippen molar-refractivity contribution in [1.29, 1.82) is 0 Å². The number of amides is 1. The minimum Gasteiger partial charge on any atom is -0.365 e. The van der Waals surface area contributed by atoms with E-state index in [1.165, 1.54) is 0 Å². The van der Waals surface area contributed by atoms with Crippen LogP contribution in [0, 0.1) is 5.92 Å². The summed E-state index contributed by atoms with van der Waals surface area (Å²) in [4.78, 5) is 22.1. The maximum absolute atomic E-state index is 11.3. The summed E-state index contributed by atoms with van der Waals surface area (Å²) in [5.74, 6) is 0.551. The molecule has 2 rings (SSSR count). The van der Waals surface area contributed by atoms with E-state index in [0.717, 1.165) is 24.7 Å². The molecule has 1 aromatic carbocycles. The van der Waals surface area contributed by atoms with Crippen molar-refractivity contribution in [2.75, 3.05) is 0 Å². The zero-order valence-electron chi connectivity index (χ0n) is 11.0. The van der Waals surface area contributed by atoms with Crippen molar-refractivity contribution in [2.45, 2.75) is 38.0 Å². The first kappa shape index (κ1) is 13.7. The number of carbonyl (C=O) groups excluding carboxylic acids is 2. The van der Waals surface area contributed by atoms with Crippen molar-refractivity contribution in [2.24, 2.45) is 5.92 Å². The van der Waals surface area contributed by atoms with E-state index in [1.54, 1.807) is 0 Å². The molecule has 1 aromatic rings. The van der Waals surface area contributed by atoms with Crippen LogP contribution >= 0.6 is 0 Å². The van der Waals surface area contributed by atoms with Gasteiger partial charge in [0, 0.05) is 0 Å². The van der Waals surface area contributed by atoms with Crippen LogP contribution in [0.1, 0.15) is 31.4 Å². The van der Waals surface area contributed by atoms with Gasteiger partial charge in [-0.2, -0.15) is 0 Å². The topological polar surface area (TPSA) is 55.4 Å². The highest BCUT2D eigenvalue weighted by Gasteiger charge is 2.33. The summed E-state index contributed by atoms with van der Waals surface area (Å²) >= 11 is 0. The molecule has 102 valence electrons. The molecule has 3 atom stereocenters. The van der Waals surface area contributed by atoms with Crippen LogP contribution in [0.15, 0.2) is 30.3 Å². The lowest BCUT2D eigenvalue weighted by Crippen LogP contribution is -2.36. The molecule has 0 radical (unpaired) electrons. The Morgan fingerprint density at radius 3 is 2.47 bits per heavy atom. The predicted octanol–water partition coefficient (Wildman–Crippen LogP) is 1.86. The van der Waals surface area contributed by atoms with Crippen LogP contribution in [0.5, 0.6) is 0 Å². The van der Waals surface area contributed by atoms with E-state index in [1.807, 2.05) is 37.3 Å². The van der Waals surface area contributed by atoms with Crippen molar-refractivity contribution in [3.05, 3.63) is 35.9 Å². The number of benzene rings is 1. The van der Waals surface area contributed by atoms with Gasteiger partial charge in [0.25, 0.3) is 0 Å². The lowest BCUT2D eigenvalue weighted by molar-refractivity contribution is -0.126. The van der Waals surface area contributed by atoms with Crippen LogP contribution in [0.2, 0.25) is 0 Å². The first-order valence-corrected chi connectivity index (χ1v) is 6.61. The van der Waals surface area contributed by atoms with Gasteiger partial charge in [-0.1, -0.05) is 30.3 Å². The SMILES string of the molecule is CC(OC(C=O)C(NC=O)c1ccccc1)C1CC1. The van der Waals surface area contributed by atoms with Crippen molar-refractivity contribution in [3.63, 3.8) is 0 Å². The normalized spacial score (nSPS) is 19.2. The summed E-state index contributed by atoms with van der Waals surface area (Å²) in [6.07, 6.45) is 3.10. The second-order valence-electron chi connectivity index (χ2n) is 4.95. The van der Waals surface area contributed by atoms with E-state index in [0.29, 0.717) is 12.3 Å². The Morgan fingerprint density at radius 1 is 1.26 bits per heavy atom. The quantitative estimate of drug-likeness (QED) is 0.727. The van der Waals surface area contributed by atoms with Crippen molar-refractivity contribution >= 4 is 12.7 Å². The minimum absolute atomic E-state index is 0.0508. The highest BCUT2D eigenvalue weighted by Crippen LogP contribution is 2.35. The van der Waals surface area contributed by atoms with Crippen LogP contribution in [0.25, 0.3) is 0 Å². The number of ether oxygens (including phenoxy) is 1. The number of nitrogens with one attached hydrogen (secondary N) is 1. The molecule has 0 saturated heterocycles. The van der Waals surface area contributed by atoms with E-state index < -0.39 is 12.1 Å². The Balaban J connectivity index is 2.10. The number of hydrogen-bond donors (Lipinski definition) is 1. The van der Waals surface area contributed by atoms with Gasteiger partial charge in [-0.05, 0) is 31.2 Å². The predicted molar refractivity (Wildman–Crippen MR) is 71.5 cm³/mol. The van der Waals surface area contributed by atoms with E-state index in [2.05, 4.69) is 5.32 Å². The van der Waals surface area contributed by atoms with Gasteiger partial charge in [-0.15, -0.1) is 0 Å². The summed E-state index contributed by atoms with van der Waals surface area (Å²) in [6.45, 7) is 1.98. The van der Waals surface area contributed by atoms with Gasteiger partial charge in [0.2, 0.25) is 6.41 Å². The fourth-order valence-electron chi connectivity index (χ4n) is 2.23. The smallest absolute Gasteiger partial charge is 0.207 e. The average molecular weight is 261 g/mol. The third-order valence-electron chi connectivity index (χ3n) is 3.53. The molecule has 0 heterocycles. The van der Waals surface area contributed by atoms with Gasteiger partial charge in [0.1, 0.15) is 6.10 Å². The molecule has 1 aliphatic rings. The number of rotatable bonds is 8. The standard InChI is InChI=1S/C15H19NO3/c1-11(12-7-8-12)19-14(9-17)15(16-10-18)13-5-3-2-4-6-13/h2-6,9-12,14-15H,7-8H2,1H3,(H,16,18). The third kappa shape index (κ3) is 3.64. The van der Waals surface area contributed by atoms with E-state index in [-0.39, 0.29) is 6.10 Å². The molecular formula is C15H19NO3. The summed E-state index contributed by atoms with van der Waals surface area (Å²) < 4.78 is 5.80. The van der Waals surface area contributed by atoms with Crippen LogP contribution in [-0.4, -0.2) is 24.9 Å². The molecule has 1 aliphatic carbocycles. The lowest BCUT2D eigenvalue weighted by Gasteiger charge is -2.26. The summed E-state index contributed by atoms with van der Waals surface area (Å²) in [5.41, 5.74) is 0.870. The number of carbonyl (C=O) groups is 2. The summed E-state index contributed by atoms with van der Waals surface area (Å²) in [6, 6.07) is 8.97. The molecule has 4 nitrogen and oxygen atoms in total. The zero-order valence-corrected chi connectivity index (χ0v) is 11.0. The Hall–Kier alpha value is -1.68. The van der Waals surface area contributed by atoms with Crippen LogP contribution < -0.4 is 5.32 Å². The third-order valence-corrected chi connectivity index (χ3v) is 3.53. The van der Waals surface area contributed by atoms with Gasteiger partial charge < -0.3 is 14.8 Å². The Labute approximate surface area is 113 Å². The first-order valence-electron chi connectivity index (χ1n) is 6.61. The van der Waals surface area contributed by atoms with E-state index >= 15 is 0 Å². The molecular weight excluding hydrogens is 242 g/mol. The van der Waals surface area contributed by atoms with Crippen molar-refractivity contribution < 1.29 is 14.3 Å². The van der Waals surface area contributed by atoms with Gasteiger partial charge in [-0.25, -0.2) is 0 Å². The number of aldehydes is 1. The molecule has 19 heavy (non-hydrogen) atoms. The molecule has 0 aromatic heterocycles. The molecule has 4 heteroatoms. The second-order valence-corrected chi connectivity index (χ2v) is 4.95. The van der Waals surface area contributed by atoms with Gasteiger partial charge in [-0.3, -0.25) is 4.79 Å². The summed E-state index contributed by atoms with van der Waals surface area (Å²) in [7, 11) is 0. The molecule has 1 saturated carbocycles. The summed E-state index contributed by atoms with van der Waals surface area (Å²) in [5, 5.41) is 2.68. The highest BCUT2D eigenvalue weighted by atomic mass is 16.5.